The molecule has 0 amide bonds. The van der Waals surface area contributed by atoms with Gasteiger partial charge in [0.1, 0.15) is 0 Å². The zero-order valence-electron chi connectivity index (χ0n) is 20.5. The van der Waals surface area contributed by atoms with Crippen molar-refractivity contribution >= 4 is 5.97 Å². The summed E-state index contributed by atoms with van der Waals surface area (Å²) in [7, 11) is 0. The number of nitrogens with zero attached hydrogens (tertiary/aromatic N) is 1. The molecule has 0 aliphatic heterocycles. The molecule has 30 heavy (non-hydrogen) atoms. The number of hydrogen-bond donors (Lipinski definition) is 0. The molecule has 0 unspecified atom stereocenters. The minimum Gasteiger partial charge on any atom is -0.549 e. The van der Waals surface area contributed by atoms with Crippen LogP contribution in [0.5, 0.6) is 0 Å². The van der Waals surface area contributed by atoms with Gasteiger partial charge < -0.3 is 9.90 Å². The Kier molecular flexibility index (Phi) is 30.1. The summed E-state index contributed by atoms with van der Waals surface area (Å²) in [6.07, 6.45) is 28.7. The largest absolute Gasteiger partial charge is 1.00 e. The predicted molar refractivity (Wildman–Crippen MR) is 125 cm³/mol. The fourth-order valence-electron chi connectivity index (χ4n) is 3.50. The van der Waals surface area contributed by atoms with E-state index >= 15 is 0 Å². The SMILES string of the molecule is CCCCC/C=C/CCCCCN(CCCCC/C=C/CCCCC)CC(=O)[O-].[K+]. The quantitative estimate of drug-likeness (QED) is 0.146. The summed E-state index contributed by atoms with van der Waals surface area (Å²) >= 11 is 0. The molecule has 0 saturated carbocycles. The fraction of sp³-hybridized carbons (Fsp3) is 0.808. The molecule has 0 bridgehead atoms. The van der Waals surface area contributed by atoms with E-state index in [0.29, 0.717) is 0 Å². The van der Waals surface area contributed by atoms with Crippen LogP contribution in [-0.4, -0.2) is 30.5 Å². The second-order valence-corrected chi connectivity index (χ2v) is 8.28. The van der Waals surface area contributed by atoms with E-state index in [1.54, 1.807) is 0 Å². The van der Waals surface area contributed by atoms with Gasteiger partial charge in [-0.1, -0.05) is 76.7 Å². The van der Waals surface area contributed by atoms with Crippen molar-refractivity contribution in [3.63, 3.8) is 0 Å². The van der Waals surface area contributed by atoms with Gasteiger partial charge in [-0.25, -0.2) is 0 Å². The number of hydrogen-bond acceptors (Lipinski definition) is 3. The number of allylic oxidation sites excluding steroid dienone is 4. The van der Waals surface area contributed by atoms with Crippen LogP contribution in [0.3, 0.4) is 0 Å². The van der Waals surface area contributed by atoms with Gasteiger partial charge in [0.15, 0.2) is 0 Å². The van der Waals surface area contributed by atoms with Crippen molar-refractivity contribution in [1.82, 2.24) is 4.90 Å². The van der Waals surface area contributed by atoms with Crippen LogP contribution in [0.4, 0.5) is 0 Å². The molecular weight excluding hydrogens is 397 g/mol. The molecule has 0 rings (SSSR count). The second-order valence-electron chi connectivity index (χ2n) is 8.28. The van der Waals surface area contributed by atoms with Crippen molar-refractivity contribution in [1.29, 1.82) is 0 Å². The Bertz CT molecular complexity index is 380. The summed E-state index contributed by atoms with van der Waals surface area (Å²) in [5, 5.41) is 11.0. The van der Waals surface area contributed by atoms with Crippen LogP contribution in [0, 0.1) is 0 Å². The summed E-state index contributed by atoms with van der Waals surface area (Å²) in [5.41, 5.74) is 0. The van der Waals surface area contributed by atoms with Gasteiger partial charge >= 0.3 is 51.4 Å². The predicted octanol–water partition coefficient (Wildman–Crippen LogP) is 3.44. The number of unbranched alkanes of at least 4 members (excludes halogenated alkanes) is 12. The van der Waals surface area contributed by atoms with E-state index in [2.05, 4.69) is 43.1 Å². The normalized spacial score (nSPS) is 11.6. The number of carbonyl (C=O) groups is 1. The van der Waals surface area contributed by atoms with Gasteiger partial charge in [0, 0.05) is 6.54 Å². The van der Waals surface area contributed by atoms with Crippen LogP contribution in [0.15, 0.2) is 24.3 Å². The molecule has 4 heteroatoms. The standard InChI is InChI=1S/C26H49NO2.K/c1-3-5-7-9-11-13-15-17-19-21-23-27(25-26(28)29)24-22-20-18-16-14-12-10-8-6-4-2;/h11-14H,3-10,15-25H2,1-2H3,(H,28,29);/q;+1/p-1/b13-11+,14-12+;. The number of rotatable bonds is 22. The molecule has 0 heterocycles. The number of carboxylic acids is 1. The Morgan fingerprint density at radius 3 is 1.33 bits per heavy atom. The first kappa shape index (κ1) is 32.7. The van der Waals surface area contributed by atoms with E-state index in [4.69, 9.17) is 0 Å². The third-order valence-electron chi connectivity index (χ3n) is 5.32. The van der Waals surface area contributed by atoms with Gasteiger partial charge in [-0.3, -0.25) is 4.90 Å². The Labute approximate surface area is 230 Å². The van der Waals surface area contributed by atoms with Crippen LogP contribution in [0.2, 0.25) is 0 Å². The third kappa shape index (κ3) is 26.6. The maximum atomic E-state index is 11.0. The molecule has 0 aromatic carbocycles. The summed E-state index contributed by atoms with van der Waals surface area (Å²) in [5.74, 6) is -0.949. The number of carbonyl (C=O) groups excluding carboxylic acids is 1. The zero-order chi connectivity index (χ0) is 21.4. The molecule has 0 aliphatic carbocycles. The van der Waals surface area contributed by atoms with E-state index in [1.807, 2.05) is 0 Å². The molecule has 0 atom stereocenters. The molecule has 0 aromatic rings. The van der Waals surface area contributed by atoms with Crippen molar-refractivity contribution in [2.75, 3.05) is 19.6 Å². The summed E-state index contributed by atoms with van der Waals surface area (Å²) in [6, 6.07) is 0. The molecule has 0 spiro atoms. The third-order valence-corrected chi connectivity index (χ3v) is 5.32. The molecule has 170 valence electrons. The van der Waals surface area contributed by atoms with Crippen LogP contribution in [-0.2, 0) is 4.79 Å². The first-order chi connectivity index (χ1) is 14.2. The number of aliphatic carboxylic acids is 1. The van der Waals surface area contributed by atoms with E-state index < -0.39 is 5.97 Å². The molecule has 0 aromatic heterocycles. The topological polar surface area (TPSA) is 43.4 Å². The second kappa shape index (κ2) is 27.6. The van der Waals surface area contributed by atoms with Crippen molar-refractivity contribution in [3.8, 4) is 0 Å². The van der Waals surface area contributed by atoms with Crippen molar-refractivity contribution in [2.45, 2.75) is 117 Å². The molecule has 3 nitrogen and oxygen atoms in total. The smallest absolute Gasteiger partial charge is 0.549 e. The Morgan fingerprint density at radius 2 is 1.00 bits per heavy atom. The Morgan fingerprint density at radius 1 is 0.633 bits per heavy atom. The van der Waals surface area contributed by atoms with Crippen molar-refractivity contribution in [2.24, 2.45) is 0 Å². The van der Waals surface area contributed by atoms with Gasteiger partial charge in [0.2, 0.25) is 0 Å². The van der Waals surface area contributed by atoms with E-state index in [-0.39, 0.29) is 57.9 Å². The first-order valence-electron chi connectivity index (χ1n) is 12.4. The van der Waals surface area contributed by atoms with Gasteiger partial charge in [-0.15, -0.1) is 0 Å². The van der Waals surface area contributed by atoms with Crippen LogP contribution in [0.1, 0.15) is 117 Å². The summed E-state index contributed by atoms with van der Waals surface area (Å²) in [6.45, 7) is 6.31. The van der Waals surface area contributed by atoms with Crippen molar-refractivity contribution in [3.05, 3.63) is 24.3 Å². The zero-order valence-corrected chi connectivity index (χ0v) is 23.6. The van der Waals surface area contributed by atoms with Gasteiger partial charge in [-0.2, -0.15) is 0 Å². The van der Waals surface area contributed by atoms with Crippen molar-refractivity contribution < 1.29 is 61.3 Å². The minimum atomic E-state index is -0.949. The fourth-order valence-corrected chi connectivity index (χ4v) is 3.50. The molecule has 0 fully saturated rings. The van der Waals surface area contributed by atoms with Gasteiger partial charge in [-0.05, 0) is 77.3 Å². The molecular formula is C26H48KNO2. The van der Waals surface area contributed by atoms with E-state index in [1.165, 1.54) is 77.0 Å². The van der Waals surface area contributed by atoms with Gasteiger partial charge in [0.25, 0.3) is 0 Å². The Balaban J connectivity index is 0. The number of carboxylic acid groups (broad SMARTS) is 1. The first-order valence-corrected chi connectivity index (χ1v) is 12.4. The van der Waals surface area contributed by atoms with Crippen LogP contribution in [0.25, 0.3) is 0 Å². The average Bonchev–Trinajstić information content (AvgIpc) is 2.70. The molecule has 0 N–H and O–H groups in total. The molecule has 0 saturated heterocycles. The maximum Gasteiger partial charge on any atom is 1.00 e. The Hall–Kier alpha value is 0.546. The van der Waals surface area contributed by atoms with Crippen LogP contribution < -0.4 is 56.5 Å². The monoisotopic (exact) mass is 445 g/mol. The minimum absolute atomic E-state index is 0. The van der Waals surface area contributed by atoms with E-state index in [0.717, 1.165) is 38.8 Å². The molecule has 0 radical (unpaired) electrons. The molecule has 0 aliphatic rings. The van der Waals surface area contributed by atoms with Crippen LogP contribution >= 0.6 is 0 Å². The van der Waals surface area contributed by atoms with Gasteiger partial charge in [0.05, 0.1) is 5.97 Å². The van der Waals surface area contributed by atoms with E-state index in [9.17, 15) is 9.90 Å². The average molecular weight is 446 g/mol. The summed E-state index contributed by atoms with van der Waals surface area (Å²) < 4.78 is 0. The summed E-state index contributed by atoms with van der Waals surface area (Å²) in [4.78, 5) is 13.1. The maximum absolute atomic E-state index is 11.0.